The van der Waals surface area contributed by atoms with E-state index in [1.807, 2.05) is 0 Å². The summed E-state index contributed by atoms with van der Waals surface area (Å²) in [5.41, 5.74) is 0.0282. The second kappa shape index (κ2) is 7.86. The first-order valence-corrected chi connectivity index (χ1v) is 10.3. The van der Waals surface area contributed by atoms with Crippen molar-refractivity contribution in [2.45, 2.75) is 36.9 Å². The number of hydrogen-bond acceptors (Lipinski definition) is 4. The number of carbonyl (C=O) groups excluding carboxylic acids is 1. The summed E-state index contributed by atoms with van der Waals surface area (Å²) < 4.78 is 0. The Morgan fingerprint density at radius 1 is 1.36 bits per heavy atom. The molecule has 2 aliphatic rings. The molecule has 22 heavy (non-hydrogen) atoms. The van der Waals surface area contributed by atoms with Crippen LogP contribution < -0.4 is 5.32 Å². The molecule has 2 atom stereocenters. The minimum absolute atomic E-state index is 0.254. The topological polar surface area (TPSA) is 76.7 Å². The van der Waals surface area contributed by atoms with Gasteiger partial charge >= 0.3 is 0 Å². The van der Waals surface area contributed by atoms with Gasteiger partial charge in [0.25, 0.3) is 0 Å². The zero-order chi connectivity index (χ0) is 16.2. The van der Waals surface area contributed by atoms with Gasteiger partial charge in [0.15, 0.2) is 0 Å². The maximum absolute atomic E-state index is 12.4. The number of carbonyl (C=O) groups is 1. The standard InChI is InChI=1S/C15H17Br2N3OS/c16-6-10(17)9-22-14-12(8-19)15(4-2-1-3-5-15)11(7-18)13(21)20-14/h10-11H,1-6,9H2,(H,20,21). The molecule has 1 aliphatic carbocycles. The van der Waals surface area contributed by atoms with Crippen LogP contribution in [0.25, 0.3) is 0 Å². The molecule has 0 bridgehead atoms. The number of nitriles is 2. The lowest BCUT2D eigenvalue weighted by Gasteiger charge is -2.43. The summed E-state index contributed by atoms with van der Waals surface area (Å²) in [7, 11) is 0. The third-order valence-corrected chi connectivity index (χ3v) is 8.23. The van der Waals surface area contributed by atoms with Gasteiger partial charge < -0.3 is 5.32 Å². The minimum Gasteiger partial charge on any atom is -0.319 e. The van der Waals surface area contributed by atoms with Crippen LogP contribution in [0.5, 0.6) is 0 Å². The zero-order valence-corrected chi connectivity index (χ0v) is 16.1. The SMILES string of the molecule is N#CC1=C(SCC(Br)CBr)NC(=O)C(C#N)C12CCCCC2. The molecule has 2 unspecified atom stereocenters. The fourth-order valence-corrected chi connectivity index (χ4v) is 5.22. The van der Waals surface area contributed by atoms with Crippen LogP contribution in [0.15, 0.2) is 10.6 Å². The molecule has 1 aliphatic heterocycles. The number of nitrogens with zero attached hydrogens (tertiary/aromatic N) is 2. The van der Waals surface area contributed by atoms with E-state index in [2.05, 4.69) is 49.3 Å². The Morgan fingerprint density at radius 2 is 2.05 bits per heavy atom. The van der Waals surface area contributed by atoms with E-state index in [1.54, 1.807) is 0 Å². The van der Waals surface area contributed by atoms with E-state index in [0.29, 0.717) is 10.6 Å². The lowest BCUT2D eigenvalue weighted by molar-refractivity contribution is -0.126. The number of alkyl halides is 2. The van der Waals surface area contributed by atoms with Crippen LogP contribution in [-0.2, 0) is 4.79 Å². The van der Waals surface area contributed by atoms with Gasteiger partial charge in [-0.05, 0) is 12.8 Å². The molecule has 1 heterocycles. The van der Waals surface area contributed by atoms with Crippen LogP contribution in [-0.4, -0.2) is 21.8 Å². The second-order valence-electron chi connectivity index (χ2n) is 5.65. The number of hydrogen-bond donors (Lipinski definition) is 1. The largest absolute Gasteiger partial charge is 0.319 e. The molecule has 1 spiro atoms. The molecular weight excluding hydrogens is 430 g/mol. The van der Waals surface area contributed by atoms with E-state index >= 15 is 0 Å². The molecule has 0 radical (unpaired) electrons. The van der Waals surface area contributed by atoms with Crippen molar-refractivity contribution in [3.05, 3.63) is 10.6 Å². The van der Waals surface area contributed by atoms with E-state index in [1.165, 1.54) is 11.8 Å². The highest BCUT2D eigenvalue weighted by Gasteiger charge is 2.51. The van der Waals surface area contributed by atoms with Crippen molar-refractivity contribution < 1.29 is 4.79 Å². The molecule has 0 aromatic heterocycles. The smallest absolute Gasteiger partial charge is 0.243 e. The predicted molar refractivity (Wildman–Crippen MR) is 94.4 cm³/mol. The first kappa shape index (κ1) is 17.8. The molecule has 2 rings (SSSR count). The highest BCUT2D eigenvalue weighted by Crippen LogP contribution is 2.52. The zero-order valence-electron chi connectivity index (χ0n) is 12.1. The number of thioether (sulfide) groups is 1. The predicted octanol–water partition coefficient (Wildman–Crippen LogP) is 3.83. The van der Waals surface area contributed by atoms with Gasteiger partial charge in [0.05, 0.1) is 22.7 Å². The number of amides is 1. The quantitative estimate of drug-likeness (QED) is 0.665. The van der Waals surface area contributed by atoms with Gasteiger partial charge in [-0.15, -0.1) is 11.8 Å². The number of rotatable bonds is 4. The van der Waals surface area contributed by atoms with Crippen molar-refractivity contribution in [2.24, 2.45) is 11.3 Å². The van der Waals surface area contributed by atoms with Crippen LogP contribution in [0.2, 0.25) is 0 Å². The highest BCUT2D eigenvalue weighted by atomic mass is 79.9. The third kappa shape index (κ3) is 3.37. The Kier molecular flexibility index (Phi) is 6.37. The summed E-state index contributed by atoms with van der Waals surface area (Å²) in [4.78, 5) is 12.6. The van der Waals surface area contributed by atoms with Crippen molar-refractivity contribution >= 4 is 49.5 Å². The lowest BCUT2D eigenvalue weighted by Crippen LogP contribution is -2.48. The van der Waals surface area contributed by atoms with E-state index in [9.17, 15) is 15.3 Å². The maximum atomic E-state index is 12.4. The molecule has 1 saturated carbocycles. The van der Waals surface area contributed by atoms with Gasteiger partial charge in [-0.25, -0.2) is 0 Å². The van der Waals surface area contributed by atoms with Gasteiger partial charge in [0.1, 0.15) is 5.92 Å². The van der Waals surface area contributed by atoms with Crippen molar-refractivity contribution in [1.29, 1.82) is 10.5 Å². The van der Waals surface area contributed by atoms with Gasteiger partial charge in [-0.3, -0.25) is 4.79 Å². The first-order valence-electron chi connectivity index (χ1n) is 7.27. The summed E-state index contributed by atoms with van der Waals surface area (Å²) in [6.07, 6.45) is 4.55. The number of nitrogens with one attached hydrogen (secondary N) is 1. The van der Waals surface area contributed by atoms with E-state index in [4.69, 9.17) is 0 Å². The van der Waals surface area contributed by atoms with Crippen molar-refractivity contribution in [3.8, 4) is 12.1 Å². The average molecular weight is 447 g/mol. The second-order valence-corrected chi connectivity index (χ2v) is 8.62. The Hall–Kier alpha value is -0.500. The third-order valence-electron chi connectivity index (χ3n) is 4.34. The molecule has 118 valence electrons. The summed E-state index contributed by atoms with van der Waals surface area (Å²) in [6.45, 7) is 0. The molecule has 1 fully saturated rings. The lowest BCUT2D eigenvalue weighted by atomic mass is 9.61. The van der Waals surface area contributed by atoms with Gasteiger partial charge in [-0.2, -0.15) is 10.5 Å². The molecule has 7 heteroatoms. The number of halogens is 2. The molecule has 0 aromatic carbocycles. The van der Waals surface area contributed by atoms with Crippen molar-refractivity contribution in [3.63, 3.8) is 0 Å². The summed E-state index contributed by atoms with van der Waals surface area (Å²) in [6, 6.07) is 4.46. The van der Waals surface area contributed by atoms with Crippen LogP contribution >= 0.6 is 43.6 Å². The average Bonchev–Trinajstić information content (AvgIpc) is 2.53. The molecule has 4 nitrogen and oxygen atoms in total. The minimum atomic E-state index is -0.747. The highest BCUT2D eigenvalue weighted by molar-refractivity contribution is 9.12. The fraction of sp³-hybridized carbons (Fsp3) is 0.667. The van der Waals surface area contributed by atoms with Crippen molar-refractivity contribution in [1.82, 2.24) is 5.32 Å². The molecule has 0 aromatic rings. The molecule has 1 N–H and O–H groups in total. The Morgan fingerprint density at radius 3 is 2.59 bits per heavy atom. The summed E-state index contributed by atoms with van der Waals surface area (Å²) >= 11 is 8.42. The van der Waals surface area contributed by atoms with Crippen LogP contribution in [0.4, 0.5) is 0 Å². The van der Waals surface area contributed by atoms with E-state index < -0.39 is 11.3 Å². The number of allylic oxidation sites excluding steroid dienone is 1. The monoisotopic (exact) mass is 445 g/mol. The molecule has 0 saturated heterocycles. The maximum Gasteiger partial charge on any atom is 0.243 e. The molecule has 1 amide bonds. The normalized spacial score (nSPS) is 25.3. The Balaban J connectivity index is 2.39. The fourth-order valence-electron chi connectivity index (χ4n) is 3.26. The van der Waals surface area contributed by atoms with Gasteiger partial charge in [-0.1, -0.05) is 51.1 Å². The van der Waals surface area contributed by atoms with Crippen LogP contribution in [0.3, 0.4) is 0 Å². The van der Waals surface area contributed by atoms with E-state index in [-0.39, 0.29) is 10.7 Å². The van der Waals surface area contributed by atoms with Crippen LogP contribution in [0.1, 0.15) is 32.1 Å². The van der Waals surface area contributed by atoms with Crippen molar-refractivity contribution in [2.75, 3.05) is 11.1 Å². The van der Waals surface area contributed by atoms with Gasteiger partial charge in [0.2, 0.25) is 5.91 Å². The summed E-state index contributed by atoms with van der Waals surface area (Å²) in [5.74, 6) is -0.252. The first-order chi connectivity index (χ1) is 10.6. The Labute approximate surface area is 152 Å². The summed E-state index contributed by atoms with van der Waals surface area (Å²) in [5, 5.41) is 23.4. The molecular formula is C15H17Br2N3OS. The Bertz CT molecular complexity index is 558. The van der Waals surface area contributed by atoms with E-state index in [0.717, 1.165) is 43.2 Å². The van der Waals surface area contributed by atoms with Gasteiger partial charge in [0, 0.05) is 21.3 Å². The van der Waals surface area contributed by atoms with Crippen LogP contribution in [0, 0.1) is 34.0 Å².